The van der Waals surface area contributed by atoms with Gasteiger partial charge in [-0.15, -0.1) is 16.4 Å². The fourth-order valence-electron chi connectivity index (χ4n) is 3.00. The fraction of sp³-hybridized carbons (Fsp3) is 0.438. The summed E-state index contributed by atoms with van der Waals surface area (Å²) in [6.45, 7) is 1.58. The van der Waals surface area contributed by atoms with Gasteiger partial charge in [-0.2, -0.15) is 0 Å². The van der Waals surface area contributed by atoms with Crippen molar-refractivity contribution < 1.29 is 4.79 Å². The van der Waals surface area contributed by atoms with E-state index in [-0.39, 0.29) is 5.91 Å². The molecule has 0 aliphatic carbocycles. The Balaban J connectivity index is 1.33. The highest BCUT2D eigenvalue weighted by Crippen LogP contribution is 2.33. The molecule has 130 valence electrons. The largest absolute Gasteiger partial charge is 0.342 e. The van der Waals surface area contributed by atoms with E-state index in [1.165, 1.54) is 21.5 Å². The van der Waals surface area contributed by atoms with E-state index in [1.54, 1.807) is 23.1 Å². The number of hydrogen-bond donors (Lipinski definition) is 0. The number of nitrogens with zero attached hydrogens (tertiary/aromatic N) is 6. The average Bonchev–Trinajstić information content (AvgIpc) is 3.25. The first-order chi connectivity index (χ1) is 12.2. The standard InChI is InChI=1S/C16H18N6OS2/c1-21-16(18-19-20-21)24-10-14(23)22-8-6-11(7-9-22)15-17-12-4-2-3-5-13(12)25-15/h2-5,11H,6-10H2,1H3. The van der Waals surface area contributed by atoms with Gasteiger partial charge in [0.2, 0.25) is 11.1 Å². The van der Waals surface area contributed by atoms with Gasteiger partial charge in [-0.05, 0) is 35.4 Å². The van der Waals surface area contributed by atoms with Gasteiger partial charge in [-0.25, -0.2) is 9.67 Å². The lowest BCUT2D eigenvalue weighted by atomic mass is 9.97. The molecule has 25 heavy (non-hydrogen) atoms. The third-order valence-corrected chi connectivity index (χ3v) is 6.61. The van der Waals surface area contributed by atoms with Crippen LogP contribution in [0, 0.1) is 0 Å². The van der Waals surface area contributed by atoms with Gasteiger partial charge < -0.3 is 4.90 Å². The Bertz CT molecular complexity index is 851. The Hall–Kier alpha value is -2.00. The molecule has 0 N–H and O–H groups in total. The highest BCUT2D eigenvalue weighted by atomic mass is 32.2. The molecule has 1 aliphatic heterocycles. The maximum absolute atomic E-state index is 12.4. The quantitative estimate of drug-likeness (QED) is 0.652. The molecule has 0 spiro atoms. The maximum Gasteiger partial charge on any atom is 0.233 e. The van der Waals surface area contributed by atoms with Crippen LogP contribution in [-0.4, -0.2) is 54.8 Å². The molecule has 1 saturated heterocycles. The fourth-order valence-corrected chi connectivity index (χ4v) is 4.89. The van der Waals surface area contributed by atoms with Crippen LogP contribution >= 0.6 is 23.1 Å². The van der Waals surface area contributed by atoms with Crippen molar-refractivity contribution in [3.63, 3.8) is 0 Å². The SMILES string of the molecule is Cn1nnnc1SCC(=O)N1CCC(c2nc3ccccc3s2)CC1. The van der Waals surface area contributed by atoms with Gasteiger partial charge >= 0.3 is 0 Å². The van der Waals surface area contributed by atoms with Crippen molar-refractivity contribution >= 4 is 39.2 Å². The molecule has 3 heterocycles. The monoisotopic (exact) mass is 374 g/mol. The lowest BCUT2D eigenvalue weighted by Gasteiger charge is -2.31. The normalized spacial score (nSPS) is 15.8. The second-order valence-corrected chi connectivity index (χ2v) is 8.05. The van der Waals surface area contributed by atoms with Gasteiger partial charge in [0, 0.05) is 26.1 Å². The average molecular weight is 374 g/mol. The summed E-state index contributed by atoms with van der Waals surface area (Å²) >= 11 is 3.16. The van der Waals surface area contributed by atoms with Crippen molar-refractivity contribution in [2.24, 2.45) is 7.05 Å². The molecule has 0 bridgehead atoms. The van der Waals surface area contributed by atoms with E-state index in [0.717, 1.165) is 31.4 Å². The predicted molar refractivity (Wildman–Crippen MR) is 97.7 cm³/mol. The van der Waals surface area contributed by atoms with Gasteiger partial charge in [0.05, 0.1) is 21.0 Å². The van der Waals surface area contributed by atoms with E-state index in [9.17, 15) is 4.79 Å². The molecule has 1 aliphatic rings. The number of thiazole rings is 1. The van der Waals surface area contributed by atoms with Gasteiger partial charge in [0.15, 0.2) is 0 Å². The number of rotatable bonds is 4. The predicted octanol–water partition coefficient (Wildman–Crippen LogP) is 2.32. The Morgan fingerprint density at radius 2 is 2.12 bits per heavy atom. The molecule has 9 heteroatoms. The second-order valence-electron chi connectivity index (χ2n) is 6.05. The van der Waals surface area contributed by atoms with Crippen LogP contribution in [0.1, 0.15) is 23.8 Å². The summed E-state index contributed by atoms with van der Waals surface area (Å²) in [5.74, 6) is 0.979. The van der Waals surface area contributed by atoms with E-state index in [2.05, 4.69) is 33.7 Å². The Labute approximate surface area is 153 Å². The Morgan fingerprint density at radius 3 is 2.84 bits per heavy atom. The zero-order valence-corrected chi connectivity index (χ0v) is 15.5. The Morgan fingerprint density at radius 1 is 1.32 bits per heavy atom. The zero-order valence-electron chi connectivity index (χ0n) is 13.8. The third kappa shape index (κ3) is 3.52. The molecule has 0 unspecified atom stereocenters. The molecule has 1 fully saturated rings. The first-order valence-corrected chi connectivity index (χ1v) is 9.99. The summed E-state index contributed by atoms with van der Waals surface area (Å²) in [5, 5.41) is 13.1. The highest BCUT2D eigenvalue weighted by Gasteiger charge is 2.26. The van der Waals surface area contributed by atoms with Crippen LogP contribution in [0.2, 0.25) is 0 Å². The summed E-state index contributed by atoms with van der Waals surface area (Å²) in [4.78, 5) is 19.1. The molecule has 0 radical (unpaired) electrons. The van der Waals surface area contributed by atoms with Crippen LogP contribution in [0.15, 0.2) is 29.4 Å². The maximum atomic E-state index is 12.4. The number of tetrazole rings is 1. The van der Waals surface area contributed by atoms with E-state index in [1.807, 2.05) is 11.0 Å². The highest BCUT2D eigenvalue weighted by molar-refractivity contribution is 7.99. The minimum atomic E-state index is 0.149. The number of hydrogen-bond acceptors (Lipinski definition) is 7. The summed E-state index contributed by atoms with van der Waals surface area (Å²) in [5.41, 5.74) is 1.08. The number of aromatic nitrogens is 5. The molecule has 3 aromatic rings. The van der Waals surface area contributed by atoms with Crippen molar-refractivity contribution in [3.8, 4) is 0 Å². The second kappa shape index (κ2) is 7.09. The zero-order chi connectivity index (χ0) is 17.2. The lowest BCUT2D eigenvalue weighted by Crippen LogP contribution is -2.39. The minimum Gasteiger partial charge on any atom is -0.342 e. The minimum absolute atomic E-state index is 0.149. The summed E-state index contributed by atoms with van der Waals surface area (Å²) in [6, 6.07) is 8.26. The molecule has 0 atom stereocenters. The summed E-state index contributed by atoms with van der Waals surface area (Å²) in [7, 11) is 1.77. The number of carbonyl (C=O) groups excluding carboxylic acids is 1. The van der Waals surface area contributed by atoms with Gasteiger partial charge in [-0.3, -0.25) is 4.79 Å². The van der Waals surface area contributed by atoms with E-state index < -0.39 is 0 Å². The third-order valence-electron chi connectivity index (χ3n) is 4.41. The number of piperidine rings is 1. The number of fused-ring (bicyclic) bond motifs is 1. The van der Waals surface area contributed by atoms with Crippen molar-refractivity contribution in [1.82, 2.24) is 30.1 Å². The molecule has 4 rings (SSSR count). The molecular weight excluding hydrogens is 356 g/mol. The number of amides is 1. The molecule has 7 nitrogen and oxygen atoms in total. The van der Waals surface area contributed by atoms with Gasteiger partial charge in [0.1, 0.15) is 0 Å². The number of aryl methyl sites for hydroxylation is 1. The Kier molecular flexibility index (Phi) is 4.67. The smallest absolute Gasteiger partial charge is 0.233 e. The van der Waals surface area contributed by atoms with Crippen molar-refractivity contribution in [2.75, 3.05) is 18.8 Å². The number of likely N-dealkylation sites (tertiary alicyclic amines) is 1. The van der Waals surface area contributed by atoms with Gasteiger partial charge in [-0.1, -0.05) is 23.9 Å². The summed E-state index contributed by atoms with van der Waals surface area (Å²) < 4.78 is 2.82. The van der Waals surface area contributed by atoms with Crippen LogP contribution in [-0.2, 0) is 11.8 Å². The van der Waals surface area contributed by atoms with E-state index in [4.69, 9.17) is 4.98 Å². The van der Waals surface area contributed by atoms with Crippen LogP contribution in [0.3, 0.4) is 0 Å². The number of carbonyl (C=O) groups is 1. The first-order valence-electron chi connectivity index (χ1n) is 8.19. The topological polar surface area (TPSA) is 76.8 Å². The summed E-state index contributed by atoms with van der Waals surface area (Å²) in [6.07, 6.45) is 1.95. The van der Waals surface area contributed by atoms with Gasteiger partial charge in [0.25, 0.3) is 0 Å². The van der Waals surface area contributed by atoms with Crippen molar-refractivity contribution in [2.45, 2.75) is 23.9 Å². The number of benzene rings is 1. The molecular formula is C16H18N6OS2. The van der Waals surface area contributed by atoms with E-state index in [0.29, 0.717) is 16.8 Å². The van der Waals surface area contributed by atoms with Crippen LogP contribution in [0.4, 0.5) is 0 Å². The van der Waals surface area contributed by atoms with Crippen LogP contribution in [0.5, 0.6) is 0 Å². The van der Waals surface area contributed by atoms with E-state index >= 15 is 0 Å². The van der Waals surface area contributed by atoms with Crippen LogP contribution < -0.4 is 0 Å². The van der Waals surface area contributed by atoms with Crippen LogP contribution in [0.25, 0.3) is 10.2 Å². The molecule has 1 aromatic carbocycles. The number of para-hydroxylation sites is 1. The number of thioether (sulfide) groups is 1. The molecule has 2 aromatic heterocycles. The lowest BCUT2D eigenvalue weighted by molar-refractivity contribution is -0.129. The van der Waals surface area contributed by atoms with Crippen molar-refractivity contribution in [1.29, 1.82) is 0 Å². The van der Waals surface area contributed by atoms with Crippen molar-refractivity contribution in [3.05, 3.63) is 29.3 Å². The molecule has 1 amide bonds. The first kappa shape index (κ1) is 16.5. The molecule has 0 saturated carbocycles.